The average molecular weight is 574 g/mol. The minimum Gasteiger partial charge on any atom is -0.493 e. The van der Waals surface area contributed by atoms with Crippen molar-refractivity contribution in [3.8, 4) is 11.5 Å². The van der Waals surface area contributed by atoms with Crippen LogP contribution in [0, 0.1) is 0 Å². The first-order valence-electron chi connectivity index (χ1n) is 11.3. The molecule has 0 atom stereocenters. The summed E-state index contributed by atoms with van der Waals surface area (Å²) in [6, 6.07) is 25.8. The lowest BCUT2D eigenvalue weighted by atomic mass is 10.1. The molecule has 0 saturated carbocycles. The van der Waals surface area contributed by atoms with Crippen molar-refractivity contribution in [1.29, 1.82) is 0 Å². The van der Waals surface area contributed by atoms with Gasteiger partial charge in [-0.25, -0.2) is 4.79 Å². The summed E-state index contributed by atoms with van der Waals surface area (Å²) in [6.07, 6.45) is 1.63. The summed E-state index contributed by atoms with van der Waals surface area (Å²) in [5.41, 5.74) is 1.89. The summed E-state index contributed by atoms with van der Waals surface area (Å²) in [5.74, 6) is -0.363. The van der Waals surface area contributed by atoms with E-state index in [-0.39, 0.29) is 23.4 Å². The Morgan fingerprint density at radius 2 is 1.68 bits per heavy atom. The third-order valence-corrected chi connectivity index (χ3v) is 7.28. The maximum Gasteiger partial charge on any atom is 0.343 e. The summed E-state index contributed by atoms with van der Waals surface area (Å²) in [5, 5.41) is 1.81. The molecule has 1 heterocycles. The summed E-state index contributed by atoms with van der Waals surface area (Å²) >= 11 is 4.32. The number of carbonyl (C=O) groups is 3. The van der Waals surface area contributed by atoms with Gasteiger partial charge in [0.05, 0.1) is 28.6 Å². The lowest BCUT2D eigenvalue weighted by Gasteiger charge is -2.13. The molecule has 8 heteroatoms. The number of nitrogens with zero attached hydrogens (tertiary/aromatic N) is 1. The SMILES string of the molecule is COc1cc(/C=C2\SC(=O)N(Cc3ccc4ccccc4c3)C2=O)cc(Br)c1OC(=O)c1ccccc1. The first-order valence-corrected chi connectivity index (χ1v) is 12.9. The standard InChI is InChI=1S/C29H20BrNO5S/c1-35-24-15-19(14-23(30)26(24)36-28(33)21-8-3-2-4-9-21)16-25-27(32)31(29(34)37-25)17-18-11-12-20-7-5-6-10-22(20)13-18/h2-16H,17H2,1H3/b25-16-. The predicted molar refractivity (Wildman–Crippen MR) is 148 cm³/mol. The van der Waals surface area contributed by atoms with Crippen LogP contribution >= 0.6 is 27.7 Å². The normalized spacial score (nSPS) is 14.4. The lowest BCUT2D eigenvalue weighted by molar-refractivity contribution is -0.123. The van der Waals surface area contributed by atoms with E-state index in [4.69, 9.17) is 9.47 Å². The van der Waals surface area contributed by atoms with Gasteiger partial charge < -0.3 is 9.47 Å². The van der Waals surface area contributed by atoms with Gasteiger partial charge in [-0.1, -0.05) is 54.6 Å². The van der Waals surface area contributed by atoms with Crippen molar-refractivity contribution in [2.75, 3.05) is 7.11 Å². The summed E-state index contributed by atoms with van der Waals surface area (Å²) < 4.78 is 11.5. The summed E-state index contributed by atoms with van der Waals surface area (Å²) in [4.78, 5) is 39.9. The zero-order valence-corrected chi connectivity index (χ0v) is 22.0. The Morgan fingerprint density at radius 3 is 2.43 bits per heavy atom. The van der Waals surface area contributed by atoms with E-state index in [2.05, 4.69) is 15.9 Å². The molecule has 0 aliphatic carbocycles. The van der Waals surface area contributed by atoms with Gasteiger partial charge >= 0.3 is 5.97 Å². The van der Waals surface area contributed by atoms with Gasteiger partial charge in [0.1, 0.15) is 0 Å². The molecule has 0 aromatic heterocycles. The van der Waals surface area contributed by atoms with Crippen LogP contribution in [0.2, 0.25) is 0 Å². The number of hydrogen-bond donors (Lipinski definition) is 0. The van der Waals surface area contributed by atoms with Crippen LogP contribution in [0.4, 0.5) is 4.79 Å². The Morgan fingerprint density at radius 1 is 0.946 bits per heavy atom. The molecular formula is C29H20BrNO5S. The quantitative estimate of drug-likeness (QED) is 0.139. The Hall–Kier alpha value is -3.88. The second-order valence-corrected chi connectivity index (χ2v) is 10.1. The van der Waals surface area contributed by atoms with E-state index in [1.807, 2.05) is 48.5 Å². The van der Waals surface area contributed by atoms with E-state index in [0.717, 1.165) is 28.1 Å². The van der Waals surface area contributed by atoms with Gasteiger partial charge in [-0.15, -0.1) is 0 Å². The van der Waals surface area contributed by atoms with Crippen LogP contribution in [0.25, 0.3) is 16.8 Å². The van der Waals surface area contributed by atoms with E-state index < -0.39 is 5.97 Å². The molecule has 4 aromatic rings. The second-order valence-electron chi connectivity index (χ2n) is 8.24. The van der Waals surface area contributed by atoms with Crippen LogP contribution < -0.4 is 9.47 Å². The van der Waals surface area contributed by atoms with Gasteiger partial charge in [-0.05, 0) is 86.0 Å². The molecule has 1 aliphatic heterocycles. The van der Waals surface area contributed by atoms with E-state index in [1.165, 1.54) is 12.0 Å². The number of carbonyl (C=O) groups excluding carboxylic acids is 3. The van der Waals surface area contributed by atoms with Crippen molar-refractivity contribution in [3.05, 3.63) is 111 Å². The van der Waals surface area contributed by atoms with Crippen molar-refractivity contribution in [2.24, 2.45) is 0 Å². The smallest absolute Gasteiger partial charge is 0.343 e. The number of fused-ring (bicyclic) bond motifs is 1. The number of benzene rings is 4. The largest absolute Gasteiger partial charge is 0.493 e. The van der Waals surface area contributed by atoms with Crippen molar-refractivity contribution < 1.29 is 23.9 Å². The monoisotopic (exact) mass is 573 g/mol. The van der Waals surface area contributed by atoms with Crippen molar-refractivity contribution >= 4 is 61.7 Å². The third-order valence-electron chi connectivity index (χ3n) is 5.78. The molecule has 1 aliphatic rings. The van der Waals surface area contributed by atoms with Crippen LogP contribution in [-0.2, 0) is 11.3 Å². The zero-order valence-electron chi connectivity index (χ0n) is 19.6. The van der Waals surface area contributed by atoms with E-state index in [9.17, 15) is 14.4 Å². The summed E-state index contributed by atoms with van der Waals surface area (Å²) in [7, 11) is 1.46. The highest BCUT2D eigenvalue weighted by atomic mass is 79.9. The number of thioether (sulfide) groups is 1. The molecule has 2 amide bonds. The first kappa shape index (κ1) is 24.8. The maximum atomic E-state index is 13.1. The Labute approximate surface area is 226 Å². The fourth-order valence-electron chi connectivity index (χ4n) is 3.96. The van der Waals surface area contributed by atoms with Gasteiger partial charge in [0.2, 0.25) is 0 Å². The fraction of sp³-hybridized carbons (Fsp3) is 0.0690. The number of esters is 1. The number of imide groups is 1. The molecule has 0 spiro atoms. The van der Waals surface area contributed by atoms with Crippen molar-refractivity contribution in [3.63, 3.8) is 0 Å². The van der Waals surface area contributed by atoms with Gasteiger partial charge in [0.15, 0.2) is 11.5 Å². The number of hydrogen-bond acceptors (Lipinski definition) is 6. The molecule has 0 radical (unpaired) electrons. The molecule has 0 bridgehead atoms. The molecule has 0 N–H and O–H groups in total. The molecule has 6 nitrogen and oxygen atoms in total. The number of amides is 2. The topological polar surface area (TPSA) is 72.9 Å². The fourth-order valence-corrected chi connectivity index (χ4v) is 5.33. The van der Waals surface area contributed by atoms with Crippen LogP contribution in [-0.4, -0.2) is 29.1 Å². The molecule has 1 fully saturated rings. The Bertz CT molecular complexity index is 1570. The zero-order chi connectivity index (χ0) is 25.9. The third kappa shape index (κ3) is 5.30. The molecule has 37 heavy (non-hydrogen) atoms. The second kappa shape index (κ2) is 10.6. The highest BCUT2D eigenvalue weighted by Gasteiger charge is 2.35. The molecule has 0 unspecified atom stereocenters. The van der Waals surface area contributed by atoms with Crippen molar-refractivity contribution in [2.45, 2.75) is 6.54 Å². The Balaban J connectivity index is 1.37. The van der Waals surface area contributed by atoms with Crippen LogP contribution in [0.5, 0.6) is 11.5 Å². The number of rotatable bonds is 6. The Kier molecular flexibility index (Phi) is 7.12. The van der Waals surface area contributed by atoms with E-state index in [1.54, 1.807) is 42.5 Å². The van der Waals surface area contributed by atoms with Gasteiger partial charge in [-0.3, -0.25) is 14.5 Å². The van der Waals surface area contributed by atoms with Gasteiger partial charge in [-0.2, -0.15) is 0 Å². The van der Waals surface area contributed by atoms with Gasteiger partial charge in [0, 0.05) is 0 Å². The highest BCUT2D eigenvalue weighted by Crippen LogP contribution is 2.40. The lowest BCUT2D eigenvalue weighted by Crippen LogP contribution is -2.27. The first-order chi connectivity index (χ1) is 17.9. The minimum atomic E-state index is -0.526. The van der Waals surface area contributed by atoms with E-state index >= 15 is 0 Å². The van der Waals surface area contributed by atoms with Gasteiger partial charge in [0.25, 0.3) is 11.1 Å². The number of halogens is 1. The number of ether oxygens (including phenoxy) is 2. The minimum absolute atomic E-state index is 0.189. The molecule has 1 saturated heterocycles. The number of methoxy groups -OCH3 is 1. The van der Waals surface area contributed by atoms with Crippen LogP contribution in [0.3, 0.4) is 0 Å². The van der Waals surface area contributed by atoms with Crippen molar-refractivity contribution in [1.82, 2.24) is 4.90 Å². The van der Waals surface area contributed by atoms with Crippen LogP contribution in [0.1, 0.15) is 21.5 Å². The molecular weight excluding hydrogens is 554 g/mol. The average Bonchev–Trinajstić information content (AvgIpc) is 3.17. The van der Waals surface area contributed by atoms with Crippen LogP contribution in [0.15, 0.2) is 94.3 Å². The molecule has 184 valence electrons. The van der Waals surface area contributed by atoms with E-state index in [0.29, 0.717) is 26.3 Å². The predicted octanol–water partition coefficient (Wildman–Crippen LogP) is 7.07. The summed E-state index contributed by atoms with van der Waals surface area (Å²) in [6.45, 7) is 0.189. The molecule has 4 aromatic carbocycles. The molecule has 5 rings (SSSR count). The highest BCUT2D eigenvalue weighted by molar-refractivity contribution is 9.10. The maximum absolute atomic E-state index is 13.1.